The molecular weight excluding hydrogens is 174 g/mol. The van der Waals surface area contributed by atoms with E-state index in [1.54, 1.807) is 12.3 Å². The summed E-state index contributed by atoms with van der Waals surface area (Å²) in [5.74, 6) is 0.787. The molecule has 2 aromatic rings. The zero-order valence-electron chi connectivity index (χ0n) is 7.68. The van der Waals surface area contributed by atoms with Crippen LogP contribution in [0.25, 0.3) is 17.4 Å². The van der Waals surface area contributed by atoms with E-state index in [0.29, 0.717) is 0 Å². The van der Waals surface area contributed by atoms with Gasteiger partial charge in [-0.15, -0.1) is 0 Å². The summed E-state index contributed by atoms with van der Waals surface area (Å²) in [6, 6.07) is 8.02. The van der Waals surface area contributed by atoms with Gasteiger partial charge in [0.1, 0.15) is 0 Å². The lowest BCUT2D eigenvalue weighted by Gasteiger charge is -1.96. The van der Waals surface area contributed by atoms with E-state index in [4.69, 9.17) is 4.42 Å². The molecule has 0 saturated heterocycles. The first-order valence-corrected chi connectivity index (χ1v) is 4.35. The molecule has 2 rings (SSSR count). The van der Waals surface area contributed by atoms with Crippen molar-refractivity contribution in [3.05, 3.63) is 55.4 Å². The fourth-order valence-electron chi connectivity index (χ4n) is 1.25. The van der Waals surface area contributed by atoms with Gasteiger partial charge in [0, 0.05) is 5.56 Å². The number of hydrogen-bond acceptors (Lipinski definition) is 2. The van der Waals surface area contributed by atoms with Crippen molar-refractivity contribution in [1.29, 1.82) is 0 Å². The van der Waals surface area contributed by atoms with Crippen molar-refractivity contribution in [2.24, 2.45) is 0 Å². The molecule has 0 saturated carbocycles. The monoisotopic (exact) mass is 184 g/mol. The van der Waals surface area contributed by atoms with Crippen molar-refractivity contribution < 1.29 is 4.42 Å². The second-order valence-electron chi connectivity index (χ2n) is 2.89. The fraction of sp³-hybridized carbons (Fsp3) is 0. The van der Waals surface area contributed by atoms with E-state index in [-0.39, 0.29) is 0 Å². The third-order valence-electron chi connectivity index (χ3n) is 1.94. The van der Waals surface area contributed by atoms with Crippen molar-refractivity contribution in [1.82, 2.24) is 4.98 Å². The lowest BCUT2D eigenvalue weighted by Crippen LogP contribution is -1.75. The summed E-state index contributed by atoms with van der Waals surface area (Å²) in [6.07, 6.45) is 6.85. The van der Waals surface area contributed by atoms with Gasteiger partial charge in [-0.05, 0) is 12.5 Å². The van der Waals surface area contributed by atoms with E-state index in [0.717, 1.165) is 16.9 Å². The Hall–Kier alpha value is -1.83. The molecular formula is C12H10NO. The predicted octanol–water partition coefficient (Wildman–Crippen LogP) is 3.19. The summed E-state index contributed by atoms with van der Waals surface area (Å²) in [7, 11) is 0. The third-order valence-corrected chi connectivity index (χ3v) is 1.94. The molecule has 1 radical (unpaired) electrons. The quantitative estimate of drug-likeness (QED) is 0.716. The third kappa shape index (κ3) is 1.74. The number of hydrogen-bond donors (Lipinski definition) is 0. The van der Waals surface area contributed by atoms with Crippen LogP contribution in [-0.2, 0) is 0 Å². The lowest BCUT2D eigenvalue weighted by molar-refractivity contribution is 0.572. The van der Waals surface area contributed by atoms with E-state index in [1.165, 1.54) is 6.39 Å². The Morgan fingerprint density at radius 1 is 1.21 bits per heavy atom. The number of benzene rings is 1. The molecule has 0 unspecified atom stereocenters. The summed E-state index contributed by atoms with van der Waals surface area (Å²) >= 11 is 0. The molecule has 2 heteroatoms. The van der Waals surface area contributed by atoms with Gasteiger partial charge in [-0.2, -0.15) is 0 Å². The van der Waals surface area contributed by atoms with E-state index < -0.39 is 0 Å². The molecule has 0 bridgehead atoms. The Balaban J connectivity index is 2.31. The largest absolute Gasteiger partial charge is 0.444 e. The van der Waals surface area contributed by atoms with Crippen molar-refractivity contribution in [2.75, 3.05) is 0 Å². The maximum atomic E-state index is 5.18. The molecule has 0 spiro atoms. The van der Waals surface area contributed by atoms with Gasteiger partial charge in [-0.25, -0.2) is 4.98 Å². The maximum absolute atomic E-state index is 5.18. The van der Waals surface area contributed by atoms with E-state index in [1.807, 2.05) is 30.3 Å². The zero-order chi connectivity index (χ0) is 9.80. The molecule has 1 aromatic heterocycles. The van der Waals surface area contributed by atoms with E-state index >= 15 is 0 Å². The van der Waals surface area contributed by atoms with E-state index in [9.17, 15) is 0 Å². The SMILES string of the molecule is [CH2]/C=C/c1ccc(-c2cnco2)cc1. The summed E-state index contributed by atoms with van der Waals surface area (Å²) in [5, 5.41) is 0. The Morgan fingerprint density at radius 3 is 2.57 bits per heavy atom. The fourth-order valence-corrected chi connectivity index (χ4v) is 1.25. The second-order valence-corrected chi connectivity index (χ2v) is 2.89. The molecule has 0 fully saturated rings. The number of nitrogens with zero attached hydrogens (tertiary/aromatic N) is 1. The first-order chi connectivity index (χ1) is 6.90. The van der Waals surface area contributed by atoms with Crippen LogP contribution in [0.1, 0.15) is 5.56 Å². The van der Waals surface area contributed by atoms with Gasteiger partial charge in [0.2, 0.25) is 0 Å². The van der Waals surface area contributed by atoms with Crippen LogP contribution in [0.2, 0.25) is 0 Å². The standard InChI is InChI=1S/C12H10NO/c1-2-3-10-4-6-11(7-5-10)12-8-13-9-14-12/h2-9H,1H2/b3-2+. The topological polar surface area (TPSA) is 26.0 Å². The molecule has 0 amide bonds. The van der Waals surface area contributed by atoms with Gasteiger partial charge in [0.15, 0.2) is 12.2 Å². The molecule has 69 valence electrons. The molecule has 1 aromatic carbocycles. The van der Waals surface area contributed by atoms with Crippen LogP contribution in [0.5, 0.6) is 0 Å². The normalized spacial score (nSPS) is 10.9. The van der Waals surface area contributed by atoms with Crippen molar-refractivity contribution in [2.45, 2.75) is 0 Å². The molecule has 0 aliphatic carbocycles. The van der Waals surface area contributed by atoms with E-state index in [2.05, 4.69) is 11.9 Å². The number of oxazole rings is 1. The minimum absolute atomic E-state index is 0.787. The molecule has 0 N–H and O–H groups in total. The number of aromatic nitrogens is 1. The highest BCUT2D eigenvalue weighted by Crippen LogP contribution is 2.19. The lowest BCUT2D eigenvalue weighted by atomic mass is 10.1. The summed E-state index contributed by atoms with van der Waals surface area (Å²) in [4.78, 5) is 3.87. The van der Waals surface area contributed by atoms with Gasteiger partial charge >= 0.3 is 0 Å². The van der Waals surface area contributed by atoms with Crippen molar-refractivity contribution in [3.8, 4) is 11.3 Å². The van der Waals surface area contributed by atoms with Crippen LogP contribution in [0.3, 0.4) is 0 Å². The molecule has 2 nitrogen and oxygen atoms in total. The van der Waals surface area contributed by atoms with Crippen LogP contribution in [-0.4, -0.2) is 4.98 Å². The van der Waals surface area contributed by atoms with Gasteiger partial charge in [0.25, 0.3) is 0 Å². The smallest absolute Gasteiger partial charge is 0.181 e. The van der Waals surface area contributed by atoms with Crippen molar-refractivity contribution in [3.63, 3.8) is 0 Å². The van der Waals surface area contributed by atoms with Gasteiger partial charge < -0.3 is 4.42 Å². The Labute approximate surface area is 82.9 Å². The van der Waals surface area contributed by atoms with Crippen LogP contribution in [0.4, 0.5) is 0 Å². The Kier molecular flexibility index (Phi) is 2.45. The minimum Gasteiger partial charge on any atom is -0.444 e. The summed E-state index contributed by atoms with van der Waals surface area (Å²) in [5.41, 5.74) is 2.16. The average molecular weight is 184 g/mol. The summed E-state index contributed by atoms with van der Waals surface area (Å²) < 4.78 is 5.18. The van der Waals surface area contributed by atoms with Gasteiger partial charge in [-0.3, -0.25) is 0 Å². The Morgan fingerprint density at radius 2 is 2.00 bits per heavy atom. The molecule has 0 aliphatic rings. The van der Waals surface area contributed by atoms with Gasteiger partial charge in [-0.1, -0.05) is 36.4 Å². The summed E-state index contributed by atoms with van der Waals surface area (Å²) in [6.45, 7) is 3.64. The highest BCUT2D eigenvalue weighted by Gasteiger charge is 1.99. The first-order valence-electron chi connectivity index (χ1n) is 4.35. The van der Waals surface area contributed by atoms with Crippen LogP contribution < -0.4 is 0 Å². The number of allylic oxidation sites excluding steroid dienone is 1. The first kappa shape index (κ1) is 8.75. The van der Waals surface area contributed by atoms with Crippen molar-refractivity contribution >= 4 is 6.08 Å². The van der Waals surface area contributed by atoms with Crippen LogP contribution in [0.15, 0.2) is 47.3 Å². The molecule has 0 aliphatic heterocycles. The van der Waals surface area contributed by atoms with Gasteiger partial charge in [0.05, 0.1) is 6.20 Å². The molecule has 14 heavy (non-hydrogen) atoms. The average Bonchev–Trinajstić information content (AvgIpc) is 2.72. The Bertz CT molecular complexity index is 412. The maximum Gasteiger partial charge on any atom is 0.181 e. The van der Waals surface area contributed by atoms with Crippen LogP contribution >= 0.6 is 0 Å². The second kappa shape index (κ2) is 3.92. The zero-order valence-corrected chi connectivity index (χ0v) is 7.68. The highest BCUT2D eigenvalue weighted by molar-refractivity contribution is 5.60. The molecule has 0 atom stereocenters. The highest BCUT2D eigenvalue weighted by atomic mass is 16.3. The predicted molar refractivity (Wildman–Crippen MR) is 56.3 cm³/mol. The van der Waals surface area contributed by atoms with Crippen LogP contribution in [0, 0.1) is 6.92 Å². The number of rotatable bonds is 2. The molecule has 1 heterocycles. The minimum atomic E-state index is 0.787.